The maximum atomic E-state index is 13.1. The summed E-state index contributed by atoms with van der Waals surface area (Å²) < 4.78 is 5.20. The van der Waals surface area contributed by atoms with Crippen LogP contribution in [0, 0.1) is 0 Å². The summed E-state index contributed by atoms with van der Waals surface area (Å²) in [5.41, 5.74) is 4.27. The first-order valence-electron chi connectivity index (χ1n) is 8.54. The van der Waals surface area contributed by atoms with Gasteiger partial charge >= 0.3 is 0 Å². The Morgan fingerprint density at radius 1 is 1.15 bits per heavy atom. The van der Waals surface area contributed by atoms with E-state index in [9.17, 15) is 4.79 Å². The normalized spacial score (nSPS) is 19.0. The lowest BCUT2D eigenvalue weighted by atomic mass is 9.97. The standard InChI is InChI=1S/C20H17N3O2S/c1-25-13-8-6-12(7-9-13)23-19(24)18-10-15-14-4-2-3-5-16(14)21-17(15)11-22(18)20(23)26/h2-9,18,21H,10-11H2,1H3/t18-/m1/s1. The van der Waals surface area contributed by atoms with E-state index in [1.165, 1.54) is 10.9 Å². The third kappa shape index (κ3) is 2.08. The Morgan fingerprint density at radius 2 is 1.92 bits per heavy atom. The van der Waals surface area contributed by atoms with Gasteiger partial charge in [0.2, 0.25) is 0 Å². The number of para-hydroxylation sites is 1. The molecular formula is C20H17N3O2S. The second-order valence-electron chi connectivity index (χ2n) is 6.63. The summed E-state index contributed by atoms with van der Waals surface area (Å²) in [5, 5.41) is 1.76. The quantitative estimate of drug-likeness (QED) is 0.710. The molecule has 2 aliphatic heterocycles. The highest BCUT2D eigenvalue weighted by molar-refractivity contribution is 7.80. The lowest BCUT2D eigenvalue weighted by Gasteiger charge is -2.28. The minimum atomic E-state index is -0.240. The molecule has 1 fully saturated rings. The van der Waals surface area contributed by atoms with E-state index in [1.54, 1.807) is 12.0 Å². The van der Waals surface area contributed by atoms with Crippen molar-refractivity contribution >= 4 is 39.8 Å². The predicted octanol–water partition coefficient (Wildman–Crippen LogP) is 3.23. The van der Waals surface area contributed by atoms with Crippen LogP contribution in [0.2, 0.25) is 0 Å². The molecule has 0 saturated carbocycles. The number of aromatic amines is 1. The number of carbonyl (C=O) groups excluding carboxylic acids is 1. The monoisotopic (exact) mass is 363 g/mol. The zero-order valence-corrected chi connectivity index (χ0v) is 15.0. The van der Waals surface area contributed by atoms with E-state index in [2.05, 4.69) is 17.1 Å². The predicted molar refractivity (Wildman–Crippen MR) is 104 cm³/mol. The number of H-pyrrole nitrogens is 1. The number of hydrogen-bond acceptors (Lipinski definition) is 3. The Bertz CT molecular complexity index is 1040. The van der Waals surface area contributed by atoms with Gasteiger partial charge in [0.05, 0.1) is 19.3 Å². The van der Waals surface area contributed by atoms with Crippen molar-refractivity contribution in [3.63, 3.8) is 0 Å². The number of rotatable bonds is 2. The average Bonchev–Trinajstić information content (AvgIpc) is 3.15. The van der Waals surface area contributed by atoms with Gasteiger partial charge in [0.15, 0.2) is 5.11 Å². The van der Waals surface area contributed by atoms with Crippen molar-refractivity contribution in [1.82, 2.24) is 9.88 Å². The fourth-order valence-electron chi connectivity index (χ4n) is 3.97. The topological polar surface area (TPSA) is 48.6 Å². The number of aromatic nitrogens is 1. The maximum absolute atomic E-state index is 13.1. The molecule has 6 heteroatoms. The molecule has 5 rings (SSSR count). The molecule has 0 unspecified atom stereocenters. The zero-order chi connectivity index (χ0) is 17.8. The van der Waals surface area contributed by atoms with Gasteiger partial charge in [-0.1, -0.05) is 18.2 Å². The summed E-state index contributed by atoms with van der Waals surface area (Å²) in [6.45, 7) is 0.631. The van der Waals surface area contributed by atoms with E-state index in [1.807, 2.05) is 41.3 Å². The van der Waals surface area contributed by atoms with Gasteiger partial charge in [-0.3, -0.25) is 9.69 Å². The molecule has 3 heterocycles. The van der Waals surface area contributed by atoms with Crippen LogP contribution >= 0.6 is 12.2 Å². The van der Waals surface area contributed by atoms with Crippen molar-refractivity contribution in [2.24, 2.45) is 0 Å². The van der Waals surface area contributed by atoms with Gasteiger partial charge in [-0.25, -0.2) is 0 Å². The van der Waals surface area contributed by atoms with Crippen LogP contribution in [-0.4, -0.2) is 34.1 Å². The molecule has 0 spiro atoms. The average molecular weight is 363 g/mol. The van der Waals surface area contributed by atoms with Crippen molar-refractivity contribution in [2.45, 2.75) is 19.0 Å². The number of anilines is 1. The van der Waals surface area contributed by atoms with Crippen LogP contribution in [0.5, 0.6) is 5.75 Å². The van der Waals surface area contributed by atoms with Gasteiger partial charge in [-0.15, -0.1) is 0 Å². The van der Waals surface area contributed by atoms with Crippen LogP contribution in [0.25, 0.3) is 10.9 Å². The van der Waals surface area contributed by atoms with Crippen LogP contribution < -0.4 is 9.64 Å². The van der Waals surface area contributed by atoms with Crippen molar-refractivity contribution in [2.75, 3.05) is 12.0 Å². The van der Waals surface area contributed by atoms with E-state index in [-0.39, 0.29) is 11.9 Å². The Hall–Kier alpha value is -2.86. The van der Waals surface area contributed by atoms with Crippen LogP contribution in [0.4, 0.5) is 5.69 Å². The molecule has 2 aliphatic rings. The molecule has 130 valence electrons. The molecule has 1 amide bonds. The van der Waals surface area contributed by atoms with Crippen molar-refractivity contribution in [3.05, 3.63) is 59.8 Å². The van der Waals surface area contributed by atoms with E-state index >= 15 is 0 Å². The van der Waals surface area contributed by atoms with E-state index in [4.69, 9.17) is 17.0 Å². The first-order chi connectivity index (χ1) is 12.7. The lowest BCUT2D eigenvalue weighted by Crippen LogP contribution is -2.39. The van der Waals surface area contributed by atoms with E-state index in [0.717, 1.165) is 22.6 Å². The molecule has 1 N–H and O–H groups in total. The molecule has 1 atom stereocenters. The molecule has 3 aromatic rings. The molecule has 1 saturated heterocycles. The number of methoxy groups -OCH3 is 1. The summed E-state index contributed by atoms with van der Waals surface area (Å²) in [4.78, 5) is 20.3. The van der Waals surface area contributed by atoms with Crippen molar-refractivity contribution < 1.29 is 9.53 Å². The number of benzene rings is 2. The Balaban J connectivity index is 1.52. The largest absolute Gasteiger partial charge is 0.497 e. The fraction of sp³-hybridized carbons (Fsp3) is 0.200. The zero-order valence-electron chi connectivity index (χ0n) is 14.2. The number of nitrogens with zero attached hydrogens (tertiary/aromatic N) is 2. The summed E-state index contributed by atoms with van der Waals surface area (Å²) in [6.07, 6.45) is 0.672. The number of carbonyl (C=O) groups is 1. The van der Waals surface area contributed by atoms with E-state index in [0.29, 0.717) is 18.1 Å². The van der Waals surface area contributed by atoms with Crippen LogP contribution in [0.3, 0.4) is 0 Å². The number of amides is 1. The number of hydrogen-bond donors (Lipinski definition) is 1. The summed E-state index contributed by atoms with van der Waals surface area (Å²) >= 11 is 5.65. The molecule has 0 aliphatic carbocycles. The smallest absolute Gasteiger partial charge is 0.256 e. The molecule has 26 heavy (non-hydrogen) atoms. The first-order valence-corrected chi connectivity index (χ1v) is 8.95. The van der Waals surface area contributed by atoms with Gasteiger partial charge in [0.25, 0.3) is 5.91 Å². The molecule has 1 aromatic heterocycles. The third-order valence-corrected chi connectivity index (χ3v) is 5.69. The van der Waals surface area contributed by atoms with Crippen LogP contribution in [0.15, 0.2) is 48.5 Å². The minimum Gasteiger partial charge on any atom is -0.497 e. The molecule has 0 radical (unpaired) electrons. The summed E-state index contributed by atoms with van der Waals surface area (Å²) in [7, 11) is 1.62. The Morgan fingerprint density at radius 3 is 2.69 bits per heavy atom. The Kier molecular flexibility index (Phi) is 3.30. The van der Waals surface area contributed by atoms with Crippen molar-refractivity contribution in [1.29, 1.82) is 0 Å². The van der Waals surface area contributed by atoms with Gasteiger partial charge in [-0.2, -0.15) is 0 Å². The second-order valence-corrected chi connectivity index (χ2v) is 6.99. The Labute approximate surface area is 156 Å². The molecule has 2 aromatic carbocycles. The number of ether oxygens (including phenoxy) is 1. The second kappa shape index (κ2) is 5.57. The molecular weight excluding hydrogens is 346 g/mol. The van der Waals surface area contributed by atoms with Gasteiger partial charge in [0.1, 0.15) is 11.8 Å². The minimum absolute atomic E-state index is 0.0381. The van der Waals surface area contributed by atoms with Crippen LogP contribution in [-0.2, 0) is 17.8 Å². The molecule has 0 bridgehead atoms. The van der Waals surface area contributed by atoms with Gasteiger partial charge in [-0.05, 0) is 48.1 Å². The van der Waals surface area contributed by atoms with Crippen LogP contribution in [0.1, 0.15) is 11.3 Å². The summed E-state index contributed by atoms with van der Waals surface area (Å²) in [5.74, 6) is 0.793. The number of thiocarbonyl (C=S) groups is 1. The highest BCUT2D eigenvalue weighted by Gasteiger charge is 2.46. The highest BCUT2D eigenvalue weighted by Crippen LogP contribution is 2.36. The third-order valence-electron chi connectivity index (χ3n) is 5.28. The fourth-order valence-corrected chi connectivity index (χ4v) is 4.36. The van der Waals surface area contributed by atoms with Gasteiger partial charge < -0.3 is 14.6 Å². The van der Waals surface area contributed by atoms with Gasteiger partial charge in [0, 0.05) is 23.0 Å². The first kappa shape index (κ1) is 15.4. The lowest BCUT2D eigenvalue weighted by molar-refractivity contribution is -0.119. The SMILES string of the molecule is COc1ccc(N2C(=O)[C@H]3Cc4c([nH]c5ccccc45)CN3C2=S)cc1. The number of fused-ring (bicyclic) bond motifs is 4. The number of nitrogens with one attached hydrogen (secondary N) is 1. The maximum Gasteiger partial charge on any atom is 0.256 e. The highest BCUT2D eigenvalue weighted by atomic mass is 32.1. The summed E-state index contributed by atoms with van der Waals surface area (Å²) in [6, 6.07) is 15.4. The molecule has 5 nitrogen and oxygen atoms in total. The van der Waals surface area contributed by atoms with E-state index < -0.39 is 0 Å². The van der Waals surface area contributed by atoms with Crippen molar-refractivity contribution in [3.8, 4) is 5.75 Å².